The van der Waals surface area contributed by atoms with E-state index in [1.165, 1.54) is 9.80 Å². The van der Waals surface area contributed by atoms with Crippen molar-refractivity contribution in [1.82, 2.24) is 15.1 Å². The first-order chi connectivity index (χ1) is 14.5. The Morgan fingerprint density at radius 1 is 1.03 bits per heavy atom. The average molecular weight is 440 g/mol. The molecule has 11 heteroatoms. The second-order valence-electron chi connectivity index (χ2n) is 8.56. The Balaban J connectivity index is 2.10. The normalized spacial score (nSPS) is 23.0. The third-order valence-corrected chi connectivity index (χ3v) is 5.91. The summed E-state index contributed by atoms with van der Waals surface area (Å²) < 4.78 is 0. The highest BCUT2D eigenvalue weighted by Crippen LogP contribution is 2.26. The minimum Gasteiger partial charge on any atom is -0.480 e. The Bertz CT molecular complexity index is 727. The van der Waals surface area contributed by atoms with Crippen molar-refractivity contribution in [2.75, 3.05) is 13.1 Å². The number of nitrogens with zero attached hydrogens (tertiary/aromatic N) is 2. The molecule has 2 fully saturated rings. The van der Waals surface area contributed by atoms with Crippen molar-refractivity contribution in [3.63, 3.8) is 0 Å². The number of nitrogens with one attached hydrogen (secondary N) is 1. The van der Waals surface area contributed by atoms with Crippen LogP contribution in [0.4, 0.5) is 0 Å². The summed E-state index contributed by atoms with van der Waals surface area (Å²) in [6, 6.07) is -3.49. The molecule has 2 aliphatic heterocycles. The molecule has 2 saturated heterocycles. The molecule has 4 atom stereocenters. The Kier molecular flexibility index (Phi) is 8.37. The van der Waals surface area contributed by atoms with Crippen molar-refractivity contribution in [3.8, 4) is 0 Å². The SMILES string of the molecule is CC(C)C(NC(=O)C(N)CCC(N)=O)C(=O)N1CCCC1C(=O)N1CCCC1C(=O)O. The molecule has 0 aliphatic carbocycles. The minimum atomic E-state index is -1.04. The molecule has 4 amide bonds. The molecule has 4 unspecified atom stereocenters. The molecule has 0 aromatic carbocycles. The highest BCUT2D eigenvalue weighted by molar-refractivity contribution is 5.95. The van der Waals surface area contributed by atoms with Gasteiger partial charge >= 0.3 is 5.97 Å². The first-order valence-corrected chi connectivity index (χ1v) is 10.7. The van der Waals surface area contributed by atoms with Gasteiger partial charge in [-0.3, -0.25) is 19.2 Å². The summed E-state index contributed by atoms with van der Waals surface area (Å²) in [6.07, 6.45) is 2.09. The monoisotopic (exact) mass is 439 g/mol. The lowest BCUT2D eigenvalue weighted by Gasteiger charge is -2.33. The zero-order valence-electron chi connectivity index (χ0n) is 18.1. The number of rotatable bonds is 9. The van der Waals surface area contributed by atoms with Crippen molar-refractivity contribution in [1.29, 1.82) is 0 Å². The van der Waals surface area contributed by atoms with E-state index in [-0.39, 0.29) is 24.7 Å². The fourth-order valence-corrected chi connectivity index (χ4v) is 4.15. The van der Waals surface area contributed by atoms with Gasteiger partial charge in [0.1, 0.15) is 18.1 Å². The maximum atomic E-state index is 13.3. The van der Waals surface area contributed by atoms with Gasteiger partial charge in [0.15, 0.2) is 0 Å². The predicted octanol–water partition coefficient (Wildman–Crippen LogP) is -1.21. The van der Waals surface area contributed by atoms with Gasteiger partial charge in [-0.25, -0.2) is 4.79 Å². The zero-order valence-corrected chi connectivity index (χ0v) is 18.1. The molecule has 0 aromatic heterocycles. The van der Waals surface area contributed by atoms with Gasteiger partial charge < -0.3 is 31.7 Å². The fraction of sp³-hybridized carbons (Fsp3) is 0.750. The molecule has 0 spiro atoms. The number of carbonyl (C=O) groups excluding carboxylic acids is 4. The summed E-state index contributed by atoms with van der Waals surface area (Å²) in [5, 5.41) is 12.0. The predicted molar refractivity (Wildman–Crippen MR) is 110 cm³/mol. The molecule has 2 heterocycles. The molecule has 0 saturated carbocycles. The number of hydrogen-bond donors (Lipinski definition) is 4. The summed E-state index contributed by atoms with van der Waals surface area (Å²) in [4.78, 5) is 63.9. The molecule has 2 aliphatic rings. The molecular weight excluding hydrogens is 406 g/mol. The number of aliphatic carboxylic acids is 1. The smallest absolute Gasteiger partial charge is 0.326 e. The van der Waals surface area contributed by atoms with Crippen molar-refractivity contribution >= 4 is 29.6 Å². The number of carboxylic acid groups (broad SMARTS) is 1. The highest BCUT2D eigenvalue weighted by atomic mass is 16.4. The number of nitrogens with two attached hydrogens (primary N) is 2. The van der Waals surface area contributed by atoms with Gasteiger partial charge in [-0.1, -0.05) is 13.8 Å². The molecule has 0 radical (unpaired) electrons. The van der Waals surface area contributed by atoms with Crippen molar-refractivity contribution in [3.05, 3.63) is 0 Å². The average Bonchev–Trinajstić information content (AvgIpc) is 3.38. The van der Waals surface area contributed by atoms with Crippen LogP contribution < -0.4 is 16.8 Å². The van der Waals surface area contributed by atoms with E-state index in [9.17, 15) is 29.1 Å². The first kappa shape index (κ1) is 24.6. The zero-order chi connectivity index (χ0) is 23.3. The maximum Gasteiger partial charge on any atom is 0.326 e. The third-order valence-electron chi connectivity index (χ3n) is 5.91. The number of likely N-dealkylation sites (tertiary alicyclic amines) is 2. The van der Waals surface area contributed by atoms with Crippen LogP contribution in [0.25, 0.3) is 0 Å². The van der Waals surface area contributed by atoms with E-state index < -0.39 is 47.9 Å². The van der Waals surface area contributed by atoms with Gasteiger partial charge in [0.2, 0.25) is 23.6 Å². The largest absolute Gasteiger partial charge is 0.480 e. The van der Waals surface area contributed by atoms with Crippen molar-refractivity contribution in [2.24, 2.45) is 17.4 Å². The fourth-order valence-electron chi connectivity index (χ4n) is 4.15. The molecule has 0 aromatic rings. The van der Waals surface area contributed by atoms with Gasteiger partial charge in [-0.05, 0) is 38.0 Å². The maximum absolute atomic E-state index is 13.3. The van der Waals surface area contributed by atoms with Crippen LogP contribution in [0.5, 0.6) is 0 Å². The van der Waals surface area contributed by atoms with Gasteiger partial charge in [0, 0.05) is 19.5 Å². The van der Waals surface area contributed by atoms with Crippen LogP contribution in [-0.4, -0.2) is 81.8 Å². The summed E-state index contributed by atoms with van der Waals surface area (Å²) in [5.74, 6) is -3.20. The molecule has 11 nitrogen and oxygen atoms in total. The first-order valence-electron chi connectivity index (χ1n) is 10.7. The van der Waals surface area contributed by atoms with E-state index in [1.807, 2.05) is 0 Å². The molecule has 0 bridgehead atoms. The number of hydrogen-bond acceptors (Lipinski definition) is 6. The molecule has 6 N–H and O–H groups in total. The van der Waals surface area contributed by atoms with E-state index in [0.717, 1.165) is 0 Å². The van der Waals surface area contributed by atoms with Gasteiger partial charge in [-0.15, -0.1) is 0 Å². The molecule has 2 rings (SSSR count). The van der Waals surface area contributed by atoms with Gasteiger partial charge in [0.25, 0.3) is 0 Å². The Hall–Kier alpha value is -2.69. The highest BCUT2D eigenvalue weighted by Gasteiger charge is 2.44. The Labute approximate surface area is 181 Å². The number of primary amides is 1. The molecule has 31 heavy (non-hydrogen) atoms. The van der Waals surface area contributed by atoms with Crippen LogP contribution in [0.1, 0.15) is 52.4 Å². The summed E-state index contributed by atoms with van der Waals surface area (Å²) >= 11 is 0. The van der Waals surface area contributed by atoms with Crippen LogP contribution in [0.3, 0.4) is 0 Å². The van der Waals surface area contributed by atoms with Gasteiger partial charge in [-0.2, -0.15) is 0 Å². The van der Waals surface area contributed by atoms with Crippen LogP contribution >= 0.6 is 0 Å². The van der Waals surface area contributed by atoms with Crippen molar-refractivity contribution in [2.45, 2.75) is 76.5 Å². The molecule has 174 valence electrons. The Morgan fingerprint density at radius 2 is 1.61 bits per heavy atom. The third kappa shape index (κ3) is 5.93. The van der Waals surface area contributed by atoms with Crippen LogP contribution in [0.15, 0.2) is 0 Å². The molecular formula is C20H33N5O6. The van der Waals surface area contributed by atoms with Crippen LogP contribution in [0.2, 0.25) is 0 Å². The van der Waals surface area contributed by atoms with Crippen LogP contribution in [-0.2, 0) is 24.0 Å². The lowest BCUT2D eigenvalue weighted by molar-refractivity contribution is -0.152. The number of amides is 4. The van der Waals surface area contributed by atoms with E-state index in [4.69, 9.17) is 11.5 Å². The van der Waals surface area contributed by atoms with E-state index >= 15 is 0 Å². The quantitative estimate of drug-likeness (QED) is 0.348. The van der Waals surface area contributed by atoms with E-state index in [2.05, 4.69) is 5.32 Å². The lowest BCUT2D eigenvalue weighted by atomic mass is 10.0. The second-order valence-corrected chi connectivity index (χ2v) is 8.56. The lowest BCUT2D eigenvalue weighted by Crippen LogP contribution is -2.58. The van der Waals surface area contributed by atoms with Gasteiger partial charge in [0.05, 0.1) is 6.04 Å². The second kappa shape index (κ2) is 10.6. The standard InChI is InChI=1S/C20H33N5O6/c1-11(2)16(23-17(27)12(21)7-8-15(22)26)19(29)24-9-3-5-13(24)18(28)25-10-4-6-14(25)20(30)31/h11-14,16H,3-10,21H2,1-2H3,(H2,22,26)(H,23,27)(H,30,31). The van der Waals surface area contributed by atoms with Crippen LogP contribution in [0, 0.1) is 5.92 Å². The number of carbonyl (C=O) groups is 5. The minimum absolute atomic E-state index is 0.0435. The van der Waals surface area contributed by atoms with Crippen molar-refractivity contribution < 1.29 is 29.1 Å². The summed E-state index contributed by atoms with van der Waals surface area (Å²) in [7, 11) is 0. The number of carboxylic acids is 1. The van der Waals surface area contributed by atoms with E-state index in [0.29, 0.717) is 38.8 Å². The summed E-state index contributed by atoms with van der Waals surface area (Å²) in [5.41, 5.74) is 10.9. The Morgan fingerprint density at radius 3 is 2.16 bits per heavy atom. The summed E-state index contributed by atoms with van der Waals surface area (Å²) in [6.45, 7) is 4.25. The van der Waals surface area contributed by atoms with E-state index in [1.54, 1.807) is 13.8 Å². The topological polar surface area (TPSA) is 176 Å².